The number of carbonyl (C=O) groups is 2. The maximum Gasteiger partial charge on any atom is 0.305 e. The summed E-state index contributed by atoms with van der Waals surface area (Å²) >= 11 is 0. The summed E-state index contributed by atoms with van der Waals surface area (Å²) in [7, 11) is 0. The number of ether oxygens (including phenoxy) is 1. The minimum absolute atomic E-state index is 0.00754. The first-order valence-electron chi connectivity index (χ1n) is 29.6. The van der Waals surface area contributed by atoms with E-state index in [1.165, 1.54) is 250 Å². The Bertz CT molecular complexity index is 1030. The van der Waals surface area contributed by atoms with Crippen molar-refractivity contribution in [3.8, 4) is 0 Å². The van der Waals surface area contributed by atoms with E-state index in [-0.39, 0.29) is 18.5 Å². The lowest BCUT2D eigenvalue weighted by Gasteiger charge is -2.20. The Morgan fingerprint density at radius 3 is 1.11 bits per heavy atom. The Hall–Kier alpha value is -1.66. The predicted octanol–water partition coefficient (Wildman–Crippen LogP) is 18.2. The fraction of sp³-hybridized carbons (Fsp3) is 0.900. The molecule has 1 amide bonds. The molecule has 0 rings (SSSR count). The van der Waals surface area contributed by atoms with Crippen LogP contribution in [0.5, 0.6) is 0 Å². The average Bonchev–Trinajstić information content (AvgIpc) is 3.32. The fourth-order valence-electron chi connectivity index (χ4n) is 9.16. The van der Waals surface area contributed by atoms with E-state index in [4.69, 9.17) is 4.74 Å². The molecule has 6 nitrogen and oxygen atoms in total. The van der Waals surface area contributed by atoms with Gasteiger partial charge < -0.3 is 20.3 Å². The van der Waals surface area contributed by atoms with E-state index in [0.29, 0.717) is 19.4 Å². The van der Waals surface area contributed by atoms with Crippen LogP contribution in [0.1, 0.15) is 322 Å². The van der Waals surface area contributed by atoms with E-state index in [9.17, 15) is 19.8 Å². The fourth-order valence-corrected chi connectivity index (χ4v) is 9.16. The summed E-state index contributed by atoms with van der Waals surface area (Å²) in [6.45, 7) is 4.88. The molecule has 0 aromatic heterocycles. The third-order valence-electron chi connectivity index (χ3n) is 13.7. The number of aliphatic hydroxyl groups is 2. The summed E-state index contributed by atoms with van der Waals surface area (Å²) in [5, 5.41) is 23.2. The van der Waals surface area contributed by atoms with Gasteiger partial charge in [0.15, 0.2) is 0 Å². The van der Waals surface area contributed by atoms with E-state index in [1.54, 1.807) is 6.08 Å². The second kappa shape index (κ2) is 55.9. The molecule has 0 bridgehead atoms. The summed E-state index contributed by atoms with van der Waals surface area (Å²) in [6, 6.07) is -0.634. The summed E-state index contributed by atoms with van der Waals surface area (Å²) < 4.78 is 5.46. The highest BCUT2D eigenvalue weighted by molar-refractivity contribution is 5.76. The number of hydrogen-bond donors (Lipinski definition) is 3. The molecule has 0 aliphatic carbocycles. The number of allylic oxidation sites excluding steroid dienone is 3. The van der Waals surface area contributed by atoms with Gasteiger partial charge in [0, 0.05) is 12.8 Å². The van der Waals surface area contributed by atoms with Gasteiger partial charge >= 0.3 is 5.97 Å². The Labute approximate surface area is 411 Å². The number of rotatable bonds is 55. The molecule has 3 N–H and O–H groups in total. The minimum atomic E-state index is -0.850. The van der Waals surface area contributed by atoms with Gasteiger partial charge in [-0.1, -0.05) is 276 Å². The van der Waals surface area contributed by atoms with Crippen molar-refractivity contribution in [3.63, 3.8) is 0 Å². The molecule has 6 heteroatoms. The van der Waals surface area contributed by atoms with Crippen LogP contribution in [0, 0.1) is 0 Å². The third kappa shape index (κ3) is 51.7. The molecular formula is C60H115NO5. The Morgan fingerprint density at radius 1 is 0.409 bits per heavy atom. The molecule has 0 aromatic rings. The minimum Gasteiger partial charge on any atom is -0.466 e. The highest BCUT2D eigenvalue weighted by Gasteiger charge is 2.18. The molecule has 0 aliphatic heterocycles. The van der Waals surface area contributed by atoms with Gasteiger partial charge in [0.25, 0.3) is 0 Å². The second-order valence-electron chi connectivity index (χ2n) is 20.3. The SMILES string of the molecule is CCCCC/C=C\CCCCCCCC(=O)OCCCCCCCCCCCCCCCCCCC(=O)NC(CO)C(O)/C=C/CCCCCCCCCCCCCCCCCCCCC. The first-order chi connectivity index (χ1) is 32.5. The molecule has 0 saturated heterocycles. The van der Waals surface area contributed by atoms with Gasteiger partial charge in [-0.15, -0.1) is 0 Å². The number of nitrogens with one attached hydrogen (secondary N) is 1. The van der Waals surface area contributed by atoms with Crippen LogP contribution < -0.4 is 5.32 Å². The summed E-state index contributed by atoms with van der Waals surface area (Å²) in [6.07, 6.45) is 67.7. The zero-order valence-corrected chi connectivity index (χ0v) is 44.4. The van der Waals surface area contributed by atoms with Crippen LogP contribution in [0.3, 0.4) is 0 Å². The highest BCUT2D eigenvalue weighted by Crippen LogP contribution is 2.17. The Kier molecular flexibility index (Phi) is 54.5. The van der Waals surface area contributed by atoms with E-state index >= 15 is 0 Å². The first-order valence-corrected chi connectivity index (χ1v) is 29.6. The molecule has 0 spiro atoms. The van der Waals surface area contributed by atoms with Crippen molar-refractivity contribution in [3.05, 3.63) is 24.3 Å². The van der Waals surface area contributed by atoms with Crippen LogP contribution >= 0.6 is 0 Å². The van der Waals surface area contributed by atoms with Crippen molar-refractivity contribution in [2.24, 2.45) is 0 Å². The monoisotopic (exact) mass is 930 g/mol. The molecule has 0 aromatic carbocycles. The van der Waals surface area contributed by atoms with E-state index in [2.05, 4.69) is 31.3 Å². The summed E-state index contributed by atoms with van der Waals surface area (Å²) in [4.78, 5) is 24.5. The Balaban J connectivity index is 3.47. The molecule has 0 heterocycles. The van der Waals surface area contributed by atoms with Crippen LogP contribution in [0.2, 0.25) is 0 Å². The van der Waals surface area contributed by atoms with Crippen LogP contribution in [0.15, 0.2) is 24.3 Å². The molecular weight excluding hydrogens is 815 g/mol. The van der Waals surface area contributed by atoms with E-state index in [0.717, 1.165) is 44.9 Å². The lowest BCUT2D eigenvalue weighted by atomic mass is 10.0. The number of hydrogen-bond acceptors (Lipinski definition) is 5. The normalized spacial score (nSPS) is 12.7. The van der Waals surface area contributed by atoms with Crippen LogP contribution in [0.4, 0.5) is 0 Å². The zero-order valence-electron chi connectivity index (χ0n) is 44.4. The highest BCUT2D eigenvalue weighted by atomic mass is 16.5. The maximum atomic E-state index is 12.5. The van der Waals surface area contributed by atoms with Crippen molar-refractivity contribution in [2.75, 3.05) is 13.2 Å². The van der Waals surface area contributed by atoms with Crippen molar-refractivity contribution in [1.29, 1.82) is 0 Å². The van der Waals surface area contributed by atoms with Gasteiger partial charge in [0.1, 0.15) is 0 Å². The van der Waals surface area contributed by atoms with Gasteiger partial charge in [-0.2, -0.15) is 0 Å². The van der Waals surface area contributed by atoms with Crippen LogP contribution in [0.25, 0.3) is 0 Å². The maximum absolute atomic E-state index is 12.5. The standard InChI is InChI=1S/C60H115NO5/c1-3-5-7-9-11-13-15-17-18-19-20-21-22-23-26-29-32-36-40-44-48-52-58(63)57(56-62)61-59(64)53-49-45-41-37-33-30-27-24-25-28-31-35-39-43-47-51-55-66-60(65)54-50-46-42-38-34-16-14-12-10-8-6-4-2/h12,14,48,52,57-58,62-63H,3-11,13,15-47,49-51,53-56H2,1-2H3,(H,61,64)/b14-12-,52-48+. The number of aliphatic hydroxyl groups excluding tert-OH is 2. The predicted molar refractivity (Wildman–Crippen MR) is 287 cm³/mol. The summed E-state index contributed by atoms with van der Waals surface area (Å²) in [5.74, 6) is -0.0798. The molecule has 2 atom stereocenters. The average molecular weight is 931 g/mol. The van der Waals surface area contributed by atoms with Gasteiger partial charge in [0.05, 0.1) is 25.4 Å². The molecule has 66 heavy (non-hydrogen) atoms. The van der Waals surface area contributed by atoms with E-state index in [1.807, 2.05) is 6.08 Å². The van der Waals surface area contributed by atoms with Gasteiger partial charge in [0.2, 0.25) is 5.91 Å². The van der Waals surface area contributed by atoms with Gasteiger partial charge in [-0.3, -0.25) is 9.59 Å². The lowest BCUT2D eigenvalue weighted by Crippen LogP contribution is -2.45. The van der Waals surface area contributed by atoms with Crippen LogP contribution in [-0.4, -0.2) is 47.4 Å². The molecule has 390 valence electrons. The molecule has 0 aliphatic rings. The Morgan fingerprint density at radius 2 is 0.712 bits per heavy atom. The number of esters is 1. The molecule has 0 saturated carbocycles. The van der Waals surface area contributed by atoms with Gasteiger partial charge in [-0.25, -0.2) is 0 Å². The number of carbonyl (C=O) groups excluding carboxylic acids is 2. The zero-order chi connectivity index (χ0) is 47.9. The third-order valence-corrected chi connectivity index (χ3v) is 13.7. The quantitative estimate of drug-likeness (QED) is 0.0321. The summed E-state index contributed by atoms with van der Waals surface area (Å²) in [5.41, 5.74) is 0. The largest absolute Gasteiger partial charge is 0.466 e. The molecule has 0 fully saturated rings. The second-order valence-corrected chi connectivity index (χ2v) is 20.3. The number of amides is 1. The first kappa shape index (κ1) is 64.3. The molecule has 2 unspecified atom stereocenters. The van der Waals surface area contributed by atoms with Crippen molar-refractivity contribution in [2.45, 2.75) is 334 Å². The van der Waals surface area contributed by atoms with Crippen molar-refractivity contribution in [1.82, 2.24) is 5.32 Å². The van der Waals surface area contributed by atoms with E-state index < -0.39 is 12.1 Å². The van der Waals surface area contributed by atoms with Crippen LogP contribution in [-0.2, 0) is 14.3 Å². The van der Waals surface area contributed by atoms with Crippen molar-refractivity contribution < 1.29 is 24.5 Å². The van der Waals surface area contributed by atoms with Crippen molar-refractivity contribution >= 4 is 11.9 Å². The topological polar surface area (TPSA) is 95.9 Å². The number of unbranched alkanes of at least 4 members (excludes halogenated alkanes) is 42. The lowest BCUT2D eigenvalue weighted by molar-refractivity contribution is -0.143. The van der Waals surface area contributed by atoms with Gasteiger partial charge in [-0.05, 0) is 57.8 Å². The smallest absolute Gasteiger partial charge is 0.305 e. The molecule has 0 radical (unpaired) electrons.